The van der Waals surface area contributed by atoms with E-state index in [1.54, 1.807) is 14.2 Å². The highest BCUT2D eigenvalue weighted by molar-refractivity contribution is 7.99. The second-order valence-electron chi connectivity index (χ2n) is 5.20. The Morgan fingerprint density at radius 3 is 2.70 bits per heavy atom. The molecule has 1 aromatic rings. The summed E-state index contributed by atoms with van der Waals surface area (Å²) in [7, 11) is 3.16. The molecule has 1 N–H and O–H groups in total. The maximum atomic E-state index is 12.2. The lowest BCUT2D eigenvalue weighted by Gasteiger charge is -2.21. The topological polar surface area (TPSA) is 76.1 Å². The van der Waals surface area contributed by atoms with Crippen molar-refractivity contribution in [2.45, 2.75) is 30.2 Å². The van der Waals surface area contributed by atoms with E-state index >= 15 is 0 Å². The number of aliphatic carboxylic acids is 1. The van der Waals surface area contributed by atoms with Crippen LogP contribution in [0.1, 0.15) is 19.3 Å². The summed E-state index contributed by atoms with van der Waals surface area (Å²) < 4.78 is 10.4. The number of carbonyl (C=O) groups is 2. The SMILES string of the molecule is COc1ccc(SCCC(=O)N2CCC[C@H]2C(=O)O)cc1OC. The van der Waals surface area contributed by atoms with E-state index in [4.69, 9.17) is 14.6 Å². The van der Waals surface area contributed by atoms with Gasteiger partial charge in [0.1, 0.15) is 6.04 Å². The highest BCUT2D eigenvalue weighted by Crippen LogP contribution is 2.32. The van der Waals surface area contributed by atoms with Crippen LogP contribution in [0.2, 0.25) is 0 Å². The van der Waals surface area contributed by atoms with Crippen LogP contribution >= 0.6 is 11.8 Å². The van der Waals surface area contributed by atoms with Crippen molar-refractivity contribution in [3.63, 3.8) is 0 Å². The number of likely N-dealkylation sites (tertiary alicyclic amines) is 1. The minimum absolute atomic E-state index is 0.0946. The lowest BCUT2D eigenvalue weighted by Crippen LogP contribution is -2.40. The van der Waals surface area contributed by atoms with Crippen molar-refractivity contribution >= 4 is 23.6 Å². The number of methoxy groups -OCH3 is 2. The van der Waals surface area contributed by atoms with Gasteiger partial charge in [-0.05, 0) is 31.0 Å². The zero-order valence-electron chi connectivity index (χ0n) is 13.3. The van der Waals surface area contributed by atoms with Crippen LogP contribution in [0.15, 0.2) is 23.1 Å². The minimum atomic E-state index is -0.914. The van der Waals surface area contributed by atoms with Crippen molar-refractivity contribution in [1.82, 2.24) is 4.90 Å². The standard InChI is InChI=1S/C16H21NO5S/c1-21-13-6-5-11(10-14(13)22-2)23-9-7-15(18)17-8-3-4-12(17)16(19)20/h5-6,10,12H,3-4,7-9H2,1-2H3,(H,19,20)/t12-/m0/s1. The maximum Gasteiger partial charge on any atom is 0.326 e. The predicted octanol–water partition coefficient (Wildman–Crippen LogP) is 2.26. The van der Waals surface area contributed by atoms with Crippen LogP contribution in [-0.2, 0) is 9.59 Å². The van der Waals surface area contributed by atoms with Crippen molar-refractivity contribution in [1.29, 1.82) is 0 Å². The van der Waals surface area contributed by atoms with Gasteiger partial charge in [-0.2, -0.15) is 0 Å². The first-order valence-corrected chi connectivity index (χ1v) is 8.42. The largest absolute Gasteiger partial charge is 0.493 e. The normalized spacial score (nSPS) is 17.1. The van der Waals surface area contributed by atoms with E-state index in [9.17, 15) is 9.59 Å². The molecule has 0 unspecified atom stereocenters. The number of thioether (sulfide) groups is 1. The summed E-state index contributed by atoms with van der Waals surface area (Å²) in [5.41, 5.74) is 0. The van der Waals surface area contributed by atoms with Crippen LogP contribution in [0, 0.1) is 0 Å². The maximum absolute atomic E-state index is 12.2. The number of hydrogen-bond acceptors (Lipinski definition) is 5. The molecule has 0 saturated carbocycles. The Hall–Kier alpha value is -1.89. The Labute approximate surface area is 139 Å². The Bertz CT molecular complexity index is 578. The number of rotatable bonds is 7. The first-order chi connectivity index (χ1) is 11.1. The molecule has 1 amide bonds. The molecule has 0 radical (unpaired) electrons. The first kappa shape index (κ1) is 17.5. The molecule has 1 heterocycles. The van der Waals surface area contributed by atoms with Crippen LogP contribution in [0.5, 0.6) is 11.5 Å². The second-order valence-corrected chi connectivity index (χ2v) is 6.37. The van der Waals surface area contributed by atoms with Gasteiger partial charge in [0.05, 0.1) is 14.2 Å². The number of carbonyl (C=O) groups excluding carboxylic acids is 1. The van der Waals surface area contributed by atoms with Crippen molar-refractivity contribution in [2.75, 3.05) is 26.5 Å². The molecule has 1 aliphatic heterocycles. The van der Waals surface area contributed by atoms with Crippen molar-refractivity contribution in [3.05, 3.63) is 18.2 Å². The van der Waals surface area contributed by atoms with E-state index in [1.807, 2.05) is 18.2 Å². The van der Waals surface area contributed by atoms with Crippen molar-refractivity contribution in [2.24, 2.45) is 0 Å². The molecule has 6 nitrogen and oxygen atoms in total. The van der Waals surface area contributed by atoms with E-state index in [1.165, 1.54) is 16.7 Å². The lowest BCUT2D eigenvalue weighted by molar-refractivity contribution is -0.148. The van der Waals surface area contributed by atoms with Gasteiger partial charge in [-0.25, -0.2) is 4.79 Å². The van der Waals surface area contributed by atoms with E-state index in [-0.39, 0.29) is 5.91 Å². The van der Waals surface area contributed by atoms with Gasteiger partial charge in [-0.3, -0.25) is 4.79 Å². The van der Waals surface area contributed by atoms with Gasteiger partial charge in [0.2, 0.25) is 5.91 Å². The van der Waals surface area contributed by atoms with Crippen LogP contribution in [-0.4, -0.2) is 54.4 Å². The monoisotopic (exact) mass is 339 g/mol. The third-order valence-electron chi connectivity index (χ3n) is 3.80. The van der Waals surface area contributed by atoms with E-state index in [0.29, 0.717) is 36.6 Å². The number of ether oxygens (including phenoxy) is 2. The third kappa shape index (κ3) is 4.31. The highest BCUT2D eigenvalue weighted by Gasteiger charge is 2.33. The molecule has 0 bridgehead atoms. The van der Waals surface area contributed by atoms with Crippen LogP contribution in [0.3, 0.4) is 0 Å². The molecule has 0 aromatic heterocycles. The zero-order chi connectivity index (χ0) is 16.8. The molecule has 1 saturated heterocycles. The summed E-state index contributed by atoms with van der Waals surface area (Å²) in [6.45, 7) is 0.539. The van der Waals surface area contributed by atoms with Crippen molar-refractivity contribution < 1.29 is 24.2 Å². The number of carboxylic acid groups (broad SMARTS) is 1. The quantitative estimate of drug-likeness (QED) is 0.768. The summed E-state index contributed by atoms with van der Waals surface area (Å²) in [4.78, 5) is 25.8. The number of nitrogens with zero attached hydrogens (tertiary/aromatic N) is 1. The van der Waals surface area contributed by atoms with Crippen molar-refractivity contribution in [3.8, 4) is 11.5 Å². The van der Waals surface area contributed by atoms with Crippen LogP contribution < -0.4 is 9.47 Å². The summed E-state index contributed by atoms with van der Waals surface area (Å²) in [5, 5.41) is 9.12. The molecule has 1 aromatic carbocycles. The molecular formula is C16H21NO5S. The minimum Gasteiger partial charge on any atom is -0.493 e. The van der Waals surface area contributed by atoms with Gasteiger partial charge >= 0.3 is 5.97 Å². The molecule has 1 fully saturated rings. The van der Waals surface area contributed by atoms with Gasteiger partial charge in [0, 0.05) is 23.6 Å². The second kappa shape index (κ2) is 8.10. The molecule has 7 heteroatoms. The Balaban J connectivity index is 1.87. The zero-order valence-corrected chi connectivity index (χ0v) is 14.1. The molecule has 126 valence electrons. The molecule has 0 spiro atoms. The summed E-state index contributed by atoms with van der Waals surface area (Å²) >= 11 is 1.54. The molecule has 1 atom stereocenters. The Morgan fingerprint density at radius 1 is 1.30 bits per heavy atom. The van der Waals surface area contributed by atoms with Crippen LogP contribution in [0.4, 0.5) is 0 Å². The Kier molecular flexibility index (Phi) is 6.15. The van der Waals surface area contributed by atoms with Crippen LogP contribution in [0.25, 0.3) is 0 Å². The molecule has 0 aliphatic carbocycles. The molecule has 1 aliphatic rings. The lowest BCUT2D eigenvalue weighted by atomic mass is 10.2. The number of amides is 1. The average molecular weight is 339 g/mol. The first-order valence-electron chi connectivity index (χ1n) is 7.44. The summed E-state index contributed by atoms with van der Waals surface area (Å²) in [6.07, 6.45) is 1.62. The van der Waals surface area contributed by atoms with Gasteiger partial charge in [0.15, 0.2) is 11.5 Å². The highest BCUT2D eigenvalue weighted by atomic mass is 32.2. The number of benzene rings is 1. The third-order valence-corrected chi connectivity index (χ3v) is 4.79. The van der Waals surface area contributed by atoms with E-state index in [0.717, 1.165) is 11.3 Å². The Morgan fingerprint density at radius 2 is 2.04 bits per heavy atom. The summed E-state index contributed by atoms with van der Waals surface area (Å²) in [5.74, 6) is 0.895. The fraction of sp³-hybridized carbons (Fsp3) is 0.500. The summed E-state index contributed by atoms with van der Waals surface area (Å²) in [6, 6.07) is 4.94. The molecular weight excluding hydrogens is 318 g/mol. The van der Waals surface area contributed by atoms with Gasteiger partial charge in [-0.1, -0.05) is 0 Å². The van der Waals surface area contributed by atoms with E-state index < -0.39 is 12.0 Å². The molecule has 23 heavy (non-hydrogen) atoms. The van der Waals surface area contributed by atoms with E-state index in [2.05, 4.69) is 0 Å². The smallest absolute Gasteiger partial charge is 0.326 e. The molecule has 2 rings (SSSR count). The number of carboxylic acids is 1. The van der Waals surface area contributed by atoms with Gasteiger partial charge in [-0.15, -0.1) is 11.8 Å². The average Bonchev–Trinajstić information content (AvgIpc) is 3.04. The van der Waals surface area contributed by atoms with Gasteiger partial charge in [0.25, 0.3) is 0 Å². The fourth-order valence-electron chi connectivity index (χ4n) is 2.63. The predicted molar refractivity (Wildman–Crippen MR) is 87.3 cm³/mol. The number of hydrogen-bond donors (Lipinski definition) is 1. The van der Waals surface area contributed by atoms with Gasteiger partial charge < -0.3 is 19.5 Å². The fourth-order valence-corrected chi connectivity index (χ4v) is 3.50.